The van der Waals surface area contributed by atoms with E-state index in [0.717, 1.165) is 56.0 Å². The summed E-state index contributed by atoms with van der Waals surface area (Å²) in [5, 5.41) is 3.87. The molecule has 0 saturated heterocycles. The molecule has 3 aliphatic carbocycles. The molecular weight excluding hydrogens is 567 g/mol. The van der Waals surface area contributed by atoms with Crippen LogP contribution in [0.1, 0.15) is 83.1 Å². The van der Waals surface area contributed by atoms with Gasteiger partial charge in [-0.25, -0.2) is 0 Å². The Bertz CT molecular complexity index is 1850. The zero-order chi connectivity index (χ0) is 32.0. The van der Waals surface area contributed by atoms with Gasteiger partial charge in [-0.15, -0.1) is 0 Å². The first-order chi connectivity index (χ1) is 22.1. The Morgan fingerprint density at radius 3 is 2.51 bits per heavy atom. The molecule has 0 saturated carbocycles. The van der Waals surface area contributed by atoms with E-state index in [4.69, 9.17) is 10.2 Å². The Hall–Kier alpha value is -3.94. The van der Waals surface area contributed by atoms with E-state index in [0.29, 0.717) is 5.66 Å². The standard InChI is InChI=1S/C37H35N2OP.2C2H6/c1-3-5-6-10-19-37(20-17-26(18-21-37)41-25-11-8-7-9-12-25)24-13-16-31-29(22-24)34-27-14-15-28-33(27)30(23-32(34)40-31)35(38)36(28)39-4-2;2*1-2/h3-13,15-17,20,22-23,26,41H,14,18-19,21,38H2,1-2H3;2*1-2H3/b5-3-,10-6-,39-4?;;/t26?,37-;;/m1../s1. The smallest absolute Gasteiger partial charge is 0.136 e. The van der Waals surface area contributed by atoms with Gasteiger partial charge in [0, 0.05) is 33.5 Å². The van der Waals surface area contributed by atoms with Crippen LogP contribution in [0.3, 0.4) is 0 Å². The molecule has 7 rings (SSSR count). The van der Waals surface area contributed by atoms with E-state index >= 15 is 0 Å². The van der Waals surface area contributed by atoms with E-state index in [1.165, 1.54) is 44.8 Å². The molecule has 3 nitrogen and oxygen atoms in total. The largest absolute Gasteiger partial charge is 0.456 e. The lowest BCUT2D eigenvalue weighted by Crippen LogP contribution is -2.28. The third-order valence-corrected chi connectivity index (χ3v) is 10.4. The van der Waals surface area contributed by atoms with E-state index in [2.05, 4.69) is 109 Å². The Balaban J connectivity index is 0.000000963. The molecule has 1 heterocycles. The van der Waals surface area contributed by atoms with Crippen molar-refractivity contribution >= 4 is 53.3 Å². The number of furan rings is 1. The fraction of sp³-hybridized carbons (Fsp3) is 0.293. The highest BCUT2D eigenvalue weighted by atomic mass is 31.1. The molecule has 4 heteroatoms. The van der Waals surface area contributed by atoms with Crippen LogP contribution in [0.5, 0.6) is 0 Å². The highest BCUT2D eigenvalue weighted by Gasteiger charge is 2.35. The van der Waals surface area contributed by atoms with Gasteiger partial charge >= 0.3 is 0 Å². The van der Waals surface area contributed by atoms with Crippen molar-refractivity contribution in [2.45, 2.75) is 78.3 Å². The highest BCUT2D eigenvalue weighted by molar-refractivity contribution is 7.48. The quantitative estimate of drug-likeness (QED) is 0.0974. The second kappa shape index (κ2) is 14.4. The molecule has 3 atom stereocenters. The van der Waals surface area contributed by atoms with Crippen molar-refractivity contribution in [3.8, 4) is 0 Å². The Morgan fingerprint density at radius 2 is 1.80 bits per heavy atom. The van der Waals surface area contributed by atoms with Crippen molar-refractivity contribution in [2.75, 3.05) is 0 Å². The molecule has 45 heavy (non-hydrogen) atoms. The maximum Gasteiger partial charge on any atom is 0.136 e. The number of allylic oxidation sites excluding steroid dienone is 8. The van der Waals surface area contributed by atoms with E-state index < -0.39 is 0 Å². The molecule has 0 aliphatic heterocycles. The van der Waals surface area contributed by atoms with Gasteiger partial charge < -0.3 is 10.2 Å². The first kappa shape index (κ1) is 32.5. The Morgan fingerprint density at radius 1 is 1.00 bits per heavy atom. The number of hydrogen-bond acceptors (Lipinski definition) is 3. The number of nitrogens with two attached hydrogens (primary N) is 1. The second-order valence-corrected chi connectivity index (χ2v) is 12.9. The summed E-state index contributed by atoms with van der Waals surface area (Å²) in [4.78, 5) is 4.61. The van der Waals surface area contributed by atoms with Gasteiger partial charge in [-0.05, 0) is 85.4 Å². The summed E-state index contributed by atoms with van der Waals surface area (Å²) < 4.78 is 6.47. The third-order valence-electron chi connectivity index (χ3n) is 8.87. The number of fused-ring (bicyclic) bond motifs is 4. The summed E-state index contributed by atoms with van der Waals surface area (Å²) in [5.41, 5.74) is 16.8. The number of aliphatic imine (C=N–C) groups is 1. The van der Waals surface area contributed by atoms with E-state index in [9.17, 15) is 0 Å². The molecule has 232 valence electrons. The first-order valence-electron chi connectivity index (χ1n) is 16.6. The van der Waals surface area contributed by atoms with Gasteiger partial charge in [0.25, 0.3) is 0 Å². The molecular formula is C41H47N2OP. The summed E-state index contributed by atoms with van der Waals surface area (Å²) >= 11 is 0. The molecule has 3 aromatic carbocycles. The number of rotatable bonds is 7. The van der Waals surface area contributed by atoms with Crippen molar-refractivity contribution < 1.29 is 4.42 Å². The number of hydrogen-bond donors (Lipinski definition) is 1. The van der Waals surface area contributed by atoms with Crippen LogP contribution >= 0.6 is 8.58 Å². The minimum absolute atomic E-state index is 0.0387. The topological polar surface area (TPSA) is 51.5 Å². The second-order valence-electron chi connectivity index (χ2n) is 11.3. The average Bonchev–Trinajstić information content (AvgIpc) is 3.76. The fourth-order valence-corrected chi connectivity index (χ4v) is 8.17. The van der Waals surface area contributed by atoms with Gasteiger partial charge in [0.05, 0.1) is 11.4 Å². The van der Waals surface area contributed by atoms with Gasteiger partial charge in [0.2, 0.25) is 0 Å². The number of nitrogens with zero attached hydrogens (tertiary/aromatic N) is 1. The first-order valence-corrected chi connectivity index (χ1v) is 17.7. The summed E-state index contributed by atoms with van der Waals surface area (Å²) in [6.45, 7) is 12.0. The molecule has 4 aromatic rings. The van der Waals surface area contributed by atoms with Crippen LogP contribution in [0.2, 0.25) is 0 Å². The van der Waals surface area contributed by atoms with Crippen molar-refractivity contribution in [2.24, 2.45) is 10.7 Å². The van der Waals surface area contributed by atoms with Crippen LogP contribution in [-0.4, -0.2) is 11.9 Å². The molecule has 0 bridgehead atoms. The average molecular weight is 615 g/mol. The molecule has 0 spiro atoms. The zero-order valence-electron chi connectivity index (χ0n) is 27.7. The van der Waals surface area contributed by atoms with Crippen molar-refractivity contribution in [3.05, 3.63) is 125 Å². The van der Waals surface area contributed by atoms with Gasteiger partial charge in [0.1, 0.15) is 11.2 Å². The SMILES string of the molecule is CC.CC.CC=NC1=C(N)c2cc3oc4ccc([C@]5(C/C=C\C=C/C)C=CC(Pc6ccccc6)CC5)cc4c3c3c2C1=CC3. The van der Waals surface area contributed by atoms with Crippen molar-refractivity contribution in [1.82, 2.24) is 0 Å². The maximum atomic E-state index is 6.59. The molecule has 0 radical (unpaired) electrons. The zero-order valence-corrected chi connectivity index (χ0v) is 28.7. The van der Waals surface area contributed by atoms with Crippen LogP contribution in [-0.2, 0) is 11.8 Å². The van der Waals surface area contributed by atoms with Crippen molar-refractivity contribution in [1.29, 1.82) is 0 Å². The minimum Gasteiger partial charge on any atom is -0.456 e. The lowest BCUT2D eigenvalue weighted by molar-refractivity contribution is 0.463. The van der Waals surface area contributed by atoms with Crippen LogP contribution in [0.25, 0.3) is 33.2 Å². The van der Waals surface area contributed by atoms with Gasteiger partial charge in [-0.2, -0.15) is 0 Å². The lowest BCUT2D eigenvalue weighted by Gasteiger charge is -2.36. The summed E-state index contributed by atoms with van der Waals surface area (Å²) in [7, 11) is 0.807. The maximum absolute atomic E-state index is 6.59. The third kappa shape index (κ3) is 6.03. The van der Waals surface area contributed by atoms with Crippen LogP contribution in [0, 0.1) is 0 Å². The van der Waals surface area contributed by atoms with Crippen LogP contribution in [0.15, 0.2) is 112 Å². The summed E-state index contributed by atoms with van der Waals surface area (Å²) in [6.07, 6.45) is 22.0. The summed E-state index contributed by atoms with van der Waals surface area (Å²) in [6, 6.07) is 19.9. The predicted molar refractivity (Wildman–Crippen MR) is 200 cm³/mol. The predicted octanol–water partition coefficient (Wildman–Crippen LogP) is 10.8. The van der Waals surface area contributed by atoms with Crippen molar-refractivity contribution in [3.63, 3.8) is 0 Å². The monoisotopic (exact) mass is 614 g/mol. The van der Waals surface area contributed by atoms with Gasteiger partial charge in [0.15, 0.2) is 0 Å². The van der Waals surface area contributed by atoms with Gasteiger partial charge in [-0.1, -0.05) is 115 Å². The Kier molecular flexibility index (Phi) is 10.4. The molecule has 2 unspecified atom stereocenters. The highest BCUT2D eigenvalue weighted by Crippen LogP contribution is 2.50. The minimum atomic E-state index is -0.0387. The van der Waals surface area contributed by atoms with E-state index in [1.807, 2.05) is 40.8 Å². The van der Waals surface area contributed by atoms with E-state index in [1.54, 1.807) is 0 Å². The van der Waals surface area contributed by atoms with E-state index in [-0.39, 0.29) is 5.41 Å². The summed E-state index contributed by atoms with van der Waals surface area (Å²) in [5.74, 6) is 0. The Labute approximate surface area is 271 Å². The van der Waals surface area contributed by atoms with Crippen LogP contribution < -0.4 is 11.0 Å². The molecule has 1 aromatic heterocycles. The molecule has 0 fully saturated rings. The fourth-order valence-electron chi connectivity index (χ4n) is 6.87. The lowest BCUT2D eigenvalue weighted by atomic mass is 9.70. The molecule has 0 amide bonds. The molecule has 2 N–H and O–H groups in total. The van der Waals surface area contributed by atoms with Crippen LogP contribution in [0.4, 0.5) is 0 Å². The molecule has 3 aliphatic rings. The van der Waals surface area contributed by atoms with Gasteiger partial charge in [-0.3, -0.25) is 4.99 Å². The normalized spacial score (nSPS) is 20.5. The number of benzene rings is 3.